The summed E-state index contributed by atoms with van der Waals surface area (Å²) in [6.45, 7) is 1.82. The SMILES string of the molecule is C[C@H](NS(=O)(=O)c1ccccc1F)C(=O)NCCc1cccs1. The Balaban J connectivity index is 1.91. The van der Waals surface area contributed by atoms with E-state index in [1.165, 1.54) is 19.1 Å². The molecule has 0 unspecified atom stereocenters. The lowest BCUT2D eigenvalue weighted by Crippen LogP contribution is -2.45. The number of thiophene rings is 1. The number of benzene rings is 1. The summed E-state index contributed by atoms with van der Waals surface area (Å²) in [5, 5.41) is 4.60. The van der Waals surface area contributed by atoms with Crippen LogP contribution in [-0.4, -0.2) is 26.9 Å². The summed E-state index contributed by atoms with van der Waals surface area (Å²) < 4.78 is 40.0. The fourth-order valence-electron chi connectivity index (χ4n) is 1.93. The molecule has 0 saturated heterocycles. The zero-order valence-electron chi connectivity index (χ0n) is 12.5. The van der Waals surface area contributed by atoms with Gasteiger partial charge in [-0.15, -0.1) is 11.3 Å². The maximum absolute atomic E-state index is 13.6. The number of amides is 1. The summed E-state index contributed by atoms with van der Waals surface area (Å²) in [5.74, 6) is -1.31. The minimum Gasteiger partial charge on any atom is -0.354 e. The van der Waals surface area contributed by atoms with Gasteiger partial charge >= 0.3 is 0 Å². The van der Waals surface area contributed by atoms with Gasteiger partial charge in [-0.3, -0.25) is 4.79 Å². The van der Waals surface area contributed by atoms with E-state index in [0.29, 0.717) is 13.0 Å². The van der Waals surface area contributed by atoms with E-state index in [4.69, 9.17) is 0 Å². The second-order valence-electron chi connectivity index (χ2n) is 4.89. The Labute approximate surface area is 138 Å². The van der Waals surface area contributed by atoms with Gasteiger partial charge in [-0.25, -0.2) is 12.8 Å². The lowest BCUT2D eigenvalue weighted by atomic mass is 10.3. The van der Waals surface area contributed by atoms with Gasteiger partial charge in [0.1, 0.15) is 10.7 Å². The van der Waals surface area contributed by atoms with E-state index in [1.54, 1.807) is 11.3 Å². The summed E-state index contributed by atoms with van der Waals surface area (Å²) in [7, 11) is -4.09. The predicted octanol–water partition coefficient (Wildman–Crippen LogP) is 1.91. The van der Waals surface area contributed by atoms with Gasteiger partial charge in [-0.2, -0.15) is 4.72 Å². The van der Waals surface area contributed by atoms with E-state index in [2.05, 4.69) is 10.0 Å². The van der Waals surface area contributed by atoms with Crippen LogP contribution >= 0.6 is 11.3 Å². The molecule has 23 heavy (non-hydrogen) atoms. The molecule has 2 aromatic rings. The molecule has 0 bridgehead atoms. The van der Waals surface area contributed by atoms with Crippen molar-refractivity contribution in [1.29, 1.82) is 0 Å². The normalized spacial score (nSPS) is 12.8. The molecule has 0 aliphatic heterocycles. The van der Waals surface area contributed by atoms with E-state index in [0.717, 1.165) is 17.0 Å². The summed E-state index contributed by atoms with van der Waals surface area (Å²) in [6, 6.07) is 7.91. The molecule has 124 valence electrons. The lowest BCUT2D eigenvalue weighted by molar-refractivity contribution is -0.122. The molecule has 1 aromatic heterocycles. The van der Waals surface area contributed by atoms with Gasteiger partial charge in [-0.05, 0) is 36.9 Å². The number of nitrogens with one attached hydrogen (secondary N) is 2. The van der Waals surface area contributed by atoms with Crippen LogP contribution in [-0.2, 0) is 21.2 Å². The number of hydrogen-bond acceptors (Lipinski definition) is 4. The number of sulfonamides is 1. The molecular weight excluding hydrogens is 339 g/mol. The van der Waals surface area contributed by atoms with E-state index in [1.807, 2.05) is 17.5 Å². The average Bonchev–Trinajstić information content (AvgIpc) is 3.00. The standard InChI is InChI=1S/C15H17FN2O3S2/c1-11(15(19)17-9-8-12-5-4-10-22-12)18-23(20,21)14-7-3-2-6-13(14)16/h2-7,10-11,18H,8-9H2,1H3,(H,17,19)/t11-/m0/s1. The maximum Gasteiger partial charge on any atom is 0.244 e. The van der Waals surface area contributed by atoms with E-state index >= 15 is 0 Å². The van der Waals surface area contributed by atoms with Crippen molar-refractivity contribution >= 4 is 27.3 Å². The highest BCUT2D eigenvalue weighted by Gasteiger charge is 2.24. The highest BCUT2D eigenvalue weighted by Crippen LogP contribution is 2.13. The van der Waals surface area contributed by atoms with Crippen LogP contribution in [0.5, 0.6) is 0 Å². The van der Waals surface area contributed by atoms with E-state index < -0.39 is 32.7 Å². The number of rotatable bonds is 7. The minimum atomic E-state index is -4.09. The second kappa shape index (κ2) is 7.67. The first kappa shape index (κ1) is 17.6. The van der Waals surface area contributed by atoms with Gasteiger partial charge in [0.25, 0.3) is 0 Å². The first-order chi connectivity index (χ1) is 10.9. The van der Waals surface area contributed by atoms with Crippen LogP contribution in [0.15, 0.2) is 46.7 Å². The quantitative estimate of drug-likeness (QED) is 0.796. The first-order valence-corrected chi connectivity index (χ1v) is 9.33. The predicted molar refractivity (Wildman–Crippen MR) is 87.2 cm³/mol. The molecule has 1 aromatic carbocycles. The third-order valence-electron chi connectivity index (χ3n) is 3.10. The van der Waals surface area contributed by atoms with Gasteiger partial charge in [0, 0.05) is 11.4 Å². The zero-order chi connectivity index (χ0) is 16.9. The Bertz CT molecular complexity index is 761. The molecule has 2 rings (SSSR count). The van der Waals surface area contributed by atoms with Crippen LogP contribution in [0.3, 0.4) is 0 Å². The zero-order valence-corrected chi connectivity index (χ0v) is 14.1. The van der Waals surface area contributed by atoms with Gasteiger partial charge in [0.15, 0.2) is 0 Å². The second-order valence-corrected chi connectivity index (χ2v) is 7.61. The van der Waals surface area contributed by atoms with E-state index in [9.17, 15) is 17.6 Å². The molecule has 0 fully saturated rings. The Morgan fingerprint density at radius 2 is 2.00 bits per heavy atom. The van der Waals surface area contributed by atoms with Crippen molar-refractivity contribution in [2.45, 2.75) is 24.3 Å². The molecule has 0 saturated carbocycles. The minimum absolute atomic E-state index is 0.408. The monoisotopic (exact) mass is 356 g/mol. The van der Waals surface area contributed by atoms with Crippen molar-refractivity contribution in [2.75, 3.05) is 6.54 Å². The van der Waals surface area contributed by atoms with Crippen LogP contribution in [0.1, 0.15) is 11.8 Å². The third kappa shape index (κ3) is 4.85. The highest BCUT2D eigenvalue weighted by atomic mass is 32.2. The van der Waals surface area contributed by atoms with Crippen molar-refractivity contribution in [3.05, 3.63) is 52.5 Å². The molecule has 1 heterocycles. The Morgan fingerprint density at radius 1 is 1.26 bits per heavy atom. The summed E-state index contributed by atoms with van der Waals surface area (Å²) in [4.78, 5) is 12.6. The summed E-state index contributed by atoms with van der Waals surface area (Å²) >= 11 is 1.59. The van der Waals surface area contributed by atoms with Crippen molar-refractivity contribution in [1.82, 2.24) is 10.0 Å². The van der Waals surface area contributed by atoms with Crippen molar-refractivity contribution < 1.29 is 17.6 Å². The highest BCUT2D eigenvalue weighted by molar-refractivity contribution is 7.89. The molecule has 1 atom stereocenters. The van der Waals surface area contributed by atoms with Gasteiger partial charge < -0.3 is 5.32 Å². The van der Waals surface area contributed by atoms with Gasteiger partial charge in [0.2, 0.25) is 15.9 Å². The third-order valence-corrected chi connectivity index (χ3v) is 5.61. The largest absolute Gasteiger partial charge is 0.354 e. The van der Waals surface area contributed by atoms with Crippen LogP contribution < -0.4 is 10.0 Å². The van der Waals surface area contributed by atoms with Crippen LogP contribution in [0.4, 0.5) is 4.39 Å². The summed E-state index contributed by atoms with van der Waals surface area (Å²) in [6.07, 6.45) is 0.677. The van der Waals surface area contributed by atoms with Crippen LogP contribution in [0.2, 0.25) is 0 Å². The van der Waals surface area contributed by atoms with Gasteiger partial charge in [-0.1, -0.05) is 18.2 Å². The molecule has 8 heteroatoms. The number of halogens is 1. The smallest absolute Gasteiger partial charge is 0.244 e. The van der Waals surface area contributed by atoms with E-state index in [-0.39, 0.29) is 0 Å². The molecule has 1 amide bonds. The van der Waals surface area contributed by atoms with Crippen LogP contribution in [0.25, 0.3) is 0 Å². The topological polar surface area (TPSA) is 75.3 Å². The maximum atomic E-state index is 13.6. The van der Waals surface area contributed by atoms with Crippen molar-refractivity contribution in [3.63, 3.8) is 0 Å². The van der Waals surface area contributed by atoms with Crippen molar-refractivity contribution in [2.24, 2.45) is 0 Å². The molecule has 0 spiro atoms. The lowest BCUT2D eigenvalue weighted by Gasteiger charge is -2.14. The van der Waals surface area contributed by atoms with Crippen molar-refractivity contribution in [3.8, 4) is 0 Å². The molecule has 0 radical (unpaired) electrons. The number of hydrogen-bond donors (Lipinski definition) is 2. The fourth-order valence-corrected chi connectivity index (χ4v) is 3.92. The Morgan fingerprint density at radius 3 is 2.65 bits per heavy atom. The first-order valence-electron chi connectivity index (χ1n) is 6.97. The molecular formula is C15H17FN2O3S2. The molecule has 5 nitrogen and oxygen atoms in total. The summed E-state index contributed by atoms with van der Waals surface area (Å²) in [5.41, 5.74) is 0. The molecule has 2 N–H and O–H groups in total. The number of carbonyl (C=O) groups excluding carboxylic acids is 1. The van der Waals surface area contributed by atoms with Gasteiger partial charge in [0.05, 0.1) is 6.04 Å². The molecule has 0 aliphatic carbocycles. The Kier molecular flexibility index (Phi) is 5.86. The van der Waals surface area contributed by atoms with Crippen LogP contribution in [0, 0.1) is 5.82 Å². The number of carbonyl (C=O) groups is 1. The Hall–Kier alpha value is -1.77. The fraction of sp³-hybridized carbons (Fsp3) is 0.267. The average molecular weight is 356 g/mol. The molecule has 0 aliphatic rings.